The van der Waals surface area contributed by atoms with Crippen LogP contribution in [0.2, 0.25) is 0 Å². The molecule has 0 radical (unpaired) electrons. The fourth-order valence-corrected chi connectivity index (χ4v) is 4.64. The molecule has 6 heteroatoms. The normalized spacial score (nSPS) is 11.8. The van der Waals surface area contributed by atoms with E-state index in [2.05, 4.69) is 4.98 Å². The number of thiophene rings is 1. The maximum absolute atomic E-state index is 11.9. The van der Waals surface area contributed by atoms with Crippen LogP contribution in [0.25, 0.3) is 10.2 Å². The Hall–Kier alpha value is -1.76. The Bertz CT molecular complexity index is 855. The highest BCUT2D eigenvalue weighted by Gasteiger charge is 2.21. The third kappa shape index (κ3) is 2.45. The molecule has 20 heavy (non-hydrogen) atoms. The zero-order chi connectivity index (χ0) is 14.2. The number of nitrogens with two attached hydrogens (primary N) is 1. The van der Waals surface area contributed by atoms with Crippen LogP contribution in [0.15, 0.2) is 53.6 Å². The first-order valence-corrected chi connectivity index (χ1v) is 8.35. The first kappa shape index (κ1) is 13.2. The van der Waals surface area contributed by atoms with Crippen LogP contribution in [0.4, 0.5) is 0 Å². The lowest BCUT2D eigenvalue weighted by atomic mass is 10.1. The summed E-state index contributed by atoms with van der Waals surface area (Å²) in [7, 11) is -3.77. The first-order chi connectivity index (χ1) is 9.55. The second-order valence-corrected chi connectivity index (χ2v) is 7.00. The van der Waals surface area contributed by atoms with Crippen molar-refractivity contribution in [3.63, 3.8) is 0 Å². The van der Waals surface area contributed by atoms with Gasteiger partial charge in [-0.15, -0.1) is 11.3 Å². The van der Waals surface area contributed by atoms with Crippen molar-refractivity contribution in [2.24, 2.45) is 5.14 Å². The van der Waals surface area contributed by atoms with Gasteiger partial charge in [-0.05, 0) is 17.7 Å². The van der Waals surface area contributed by atoms with Crippen molar-refractivity contribution in [1.29, 1.82) is 0 Å². The topological polar surface area (TPSA) is 73.1 Å². The summed E-state index contributed by atoms with van der Waals surface area (Å²) in [6.45, 7) is 0. The van der Waals surface area contributed by atoms with E-state index in [4.69, 9.17) is 5.14 Å². The van der Waals surface area contributed by atoms with Gasteiger partial charge in [0.05, 0.1) is 0 Å². The molecule has 4 nitrogen and oxygen atoms in total. The molecule has 2 aromatic heterocycles. The summed E-state index contributed by atoms with van der Waals surface area (Å²) in [6, 6.07) is 13.2. The average molecular weight is 304 g/mol. The summed E-state index contributed by atoms with van der Waals surface area (Å²) >= 11 is 1.38. The lowest BCUT2D eigenvalue weighted by Crippen LogP contribution is -2.13. The molecule has 0 aliphatic heterocycles. The Morgan fingerprint density at radius 1 is 1.10 bits per heavy atom. The SMILES string of the molecule is NS(=O)(=O)c1c(Cc2ccccc2)sc2ncccc12. The molecule has 0 aliphatic carbocycles. The van der Waals surface area contributed by atoms with E-state index in [1.165, 1.54) is 11.3 Å². The van der Waals surface area contributed by atoms with Crippen LogP contribution < -0.4 is 5.14 Å². The van der Waals surface area contributed by atoms with Crippen LogP contribution in [0.3, 0.4) is 0 Å². The van der Waals surface area contributed by atoms with Gasteiger partial charge in [-0.25, -0.2) is 18.5 Å². The van der Waals surface area contributed by atoms with Gasteiger partial charge in [-0.1, -0.05) is 30.3 Å². The maximum atomic E-state index is 11.9. The van der Waals surface area contributed by atoms with E-state index in [0.717, 1.165) is 10.4 Å². The van der Waals surface area contributed by atoms with E-state index in [9.17, 15) is 8.42 Å². The number of aromatic nitrogens is 1. The number of sulfonamides is 1. The predicted molar refractivity (Wildman–Crippen MR) is 80.2 cm³/mol. The van der Waals surface area contributed by atoms with E-state index in [1.54, 1.807) is 18.3 Å². The van der Waals surface area contributed by atoms with E-state index >= 15 is 0 Å². The number of pyridine rings is 1. The molecule has 0 spiro atoms. The molecule has 2 N–H and O–H groups in total. The highest BCUT2D eigenvalue weighted by molar-refractivity contribution is 7.89. The average Bonchev–Trinajstić information content (AvgIpc) is 2.77. The maximum Gasteiger partial charge on any atom is 0.239 e. The Morgan fingerprint density at radius 3 is 2.55 bits per heavy atom. The molecule has 1 aromatic carbocycles. The number of hydrogen-bond donors (Lipinski definition) is 1. The summed E-state index contributed by atoms with van der Waals surface area (Å²) in [5.74, 6) is 0. The van der Waals surface area contributed by atoms with Crippen molar-refractivity contribution in [2.45, 2.75) is 11.3 Å². The Kier molecular flexibility index (Phi) is 3.29. The fraction of sp³-hybridized carbons (Fsp3) is 0.0714. The van der Waals surface area contributed by atoms with Crippen molar-refractivity contribution in [2.75, 3.05) is 0 Å². The summed E-state index contributed by atoms with van der Waals surface area (Å²) in [6.07, 6.45) is 2.19. The third-order valence-corrected chi connectivity index (χ3v) is 5.26. The Labute approximate surface area is 120 Å². The standard InChI is InChI=1S/C14H12N2O2S2/c15-20(17,18)13-11-7-4-8-16-14(11)19-12(13)9-10-5-2-1-3-6-10/h1-8H,9H2,(H2,15,17,18). The smallest absolute Gasteiger partial charge is 0.239 e. The minimum absolute atomic E-state index is 0.203. The van der Waals surface area contributed by atoms with Gasteiger partial charge in [0, 0.05) is 22.9 Å². The first-order valence-electron chi connectivity index (χ1n) is 5.99. The molecule has 2 heterocycles. The van der Waals surface area contributed by atoms with Crippen molar-refractivity contribution < 1.29 is 8.42 Å². The zero-order valence-corrected chi connectivity index (χ0v) is 12.1. The van der Waals surface area contributed by atoms with Crippen LogP contribution in [0.1, 0.15) is 10.4 Å². The van der Waals surface area contributed by atoms with Crippen LogP contribution in [0.5, 0.6) is 0 Å². The van der Waals surface area contributed by atoms with Crippen LogP contribution in [0, 0.1) is 0 Å². The number of rotatable bonds is 3. The van der Waals surface area contributed by atoms with Crippen LogP contribution in [-0.4, -0.2) is 13.4 Å². The van der Waals surface area contributed by atoms with Gasteiger partial charge in [-0.2, -0.15) is 0 Å². The van der Waals surface area contributed by atoms with E-state index in [0.29, 0.717) is 16.6 Å². The Balaban J connectivity index is 2.20. The van der Waals surface area contributed by atoms with Crippen molar-refractivity contribution >= 4 is 31.6 Å². The molecule has 3 aromatic rings. The molecular weight excluding hydrogens is 292 g/mol. The molecule has 0 saturated heterocycles. The summed E-state index contributed by atoms with van der Waals surface area (Å²) in [5.41, 5.74) is 1.05. The highest BCUT2D eigenvalue weighted by atomic mass is 32.2. The quantitative estimate of drug-likeness (QED) is 0.808. The number of nitrogens with zero attached hydrogens (tertiary/aromatic N) is 1. The van der Waals surface area contributed by atoms with Gasteiger partial charge in [0.1, 0.15) is 9.73 Å². The fourth-order valence-electron chi connectivity index (χ4n) is 2.17. The summed E-state index contributed by atoms with van der Waals surface area (Å²) < 4.78 is 23.8. The van der Waals surface area contributed by atoms with E-state index < -0.39 is 10.0 Å². The molecule has 0 fully saturated rings. The van der Waals surface area contributed by atoms with Gasteiger partial charge < -0.3 is 0 Å². The molecule has 0 bridgehead atoms. The third-order valence-electron chi connectivity index (χ3n) is 2.98. The van der Waals surface area contributed by atoms with Gasteiger partial charge >= 0.3 is 0 Å². The summed E-state index contributed by atoms with van der Waals surface area (Å²) in [5, 5.41) is 5.98. The van der Waals surface area contributed by atoms with E-state index in [1.807, 2.05) is 30.3 Å². The molecule has 102 valence electrons. The lowest BCUT2D eigenvalue weighted by molar-refractivity contribution is 0.598. The van der Waals surface area contributed by atoms with Gasteiger partial charge in [-0.3, -0.25) is 0 Å². The molecule has 3 rings (SSSR count). The van der Waals surface area contributed by atoms with Crippen molar-refractivity contribution in [3.8, 4) is 0 Å². The van der Waals surface area contributed by atoms with Gasteiger partial charge in [0.15, 0.2) is 0 Å². The second kappa shape index (κ2) is 4.97. The molecule has 0 amide bonds. The summed E-state index contributed by atoms with van der Waals surface area (Å²) in [4.78, 5) is 5.85. The predicted octanol–water partition coefficient (Wildman–Crippen LogP) is 2.53. The molecule has 0 aliphatic rings. The van der Waals surface area contributed by atoms with Gasteiger partial charge in [0.25, 0.3) is 0 Å². The molecular formula is C14H12N2O2S2. The number of primary sulfonamides is 1. The number of hydrogen-bond acceptors (Lipinski definition) is 4. The largest absolute Gasteiger partial charge is 0.245 e. The second-order valence-electron chi connectivity index (χ2n) is 4.42. The Morgan fingerprint density at radius 2 is 1.85 bits per heavy atom. The number of benzene rings is 1. The lowest BCUT2D eigenvalue weighted by Gasteiger charge is -2.02. The van der Waals surface area contributed by atoms with Crippen LogP contribution in [-0.2, 0) is 16.4 Å². The molecule has 0 unspecified atom stereocenters. The van der Waals surface area contributed by atoms with Gasteiger partial charge in [0.2, 0.25) is 10.0 Å². The minimum atomic E-state index is -3.77. The highest BCUT2D eigenvalue weighted by Crippen LogP contribution is 2.34. The molecule has 0 atom stereocenters. The van der Waals surface area contributed by atoms with E-state index in [-0.39, 0.29) is 4.90 Å². The molecule has 0 saturated carbocycles. The van der Waals surface area contributed by atoms with Crippen molar-refractivity contribution in [1.82, 2.24) is 4.98 Å². The van der Waals surface area contributed by atoms with Crippen molar-refractivity contribution in [3.05, 3.63) is 59.1 Å². The zero-order valence-electron chi connectivity index (χ0n) is 10.5. The van der Waals surface area contributed by atoms with Crippen LogP contribution >= 0.6 is 11.3 Å². The minimum Gasteiger partial charge on any atom is -0.245 e. The number of fused-ring (bicyclic) bond motifs is 1. The monoisotopic (exact) mass is 304 g/mol.